The summed E-state index contributed by atoms with van der Waals surface area (Å²) in [6.45, 7) is 6.37. The number of nitrogens with one attached hydrogen (secondary N) is 2. The lowest BCUT2D eigenvalue weighted by atomic mass is 9.93. The molecule has 204 valence electrons. The Morgan fingerprint density at radius 3 is 2.57 bits per heavy atom. The summed E-state index contributed by atoms with van der Waals surface area (Å²) >= 11 is 0. The van der Waals surface area contributed by atoms with Crippen LogP contribution < -0.4 is 26.6 Å². The van der Waals surface area contributed by atoms with Crippen LogP contribution in [0.1, 0.15) is 33.9 Å². The first kappa shape index (κ1) is 28.8. The molecule has 0 amide bonds. The first-order valence-electron chi connectivity index (χ1n) is 11.7. The van der Waals surface area contributed by atoms with Crippen LogP contribution in [0.15, 0.2) is 52.2 Å². The maximum absolute atomic E-state index is 13.7. The minimum atomic E-state index is -4.23. The van der Waals surface area contributed by atoms with Crippen LogP contribution in [0.2, 0.25) is 0 Å². The summed E-state index contributed by atoms with van der Waals surface area (Å²) in [5, 5.41) is 13.4. The standard InChI is InChI=1S/C23H33N4O9P/c1-14(2)12-33-20(30)15(3)26-37(32,36-16-8-6-5-7-9-16)34-13-17-19(29)23(4,24)21(35-17)27-11-10-18(28)25-22(27)31/h5-11,14-15,17,19,21,29H,12-13,24H2,1-4H3,(H,26,32)(H,25,28,31)/t15-,17+,19+,21+,23+,37?/m0/s1. The molecule has 37 heavy (non-hydrogen) atoms. The van der Waals surface area contributed by atoms with Gasteiger partial charge in [0.15, 0.2) is 6.23 Å². The zero-order valence-corrected chi connectivity index (χ0v) is 21.9. The highest BCUT2D eigenvalue weighted by Gasteiger charge is 2.52. The van der Waals surface area contributed by atoms with E-state index in [2.05, 4.69) is 10.1 Å². The molecule has 2 heterocycles. The molecule has 1 aromatic heterocycles. The molecule has 0 spiro atoms. The lowest BCUT2D eigenvalue weighted by Crippen LogP contribution is -2.53. The Balaban J connectivity index is 1.78. The number of rotatable bonds is 11. The van der Waals surface area contributed by atoms with Gasteiger partial charge in [-0.25, -0.2) is 9.36 Å². The Morgan fingerprint density at radius 2 is 1.95 bits per heavy atom. The maximum atomic E-state index is 13.7. The highest BCUT2D eigenvalue weighted by molar-refractivity contribution is 7.52. The van der Waals surface area contributed by atoms with Crippen LogP contribution >= 0.6 is 7.75 Å². The third-order valence-electron chi connectivity index (χ3n) is 5.57. The number of para-hydroxylation sites is 1. The Hall–Kier alpha value is -2.80. The molecule has 1 aliphatic rings. The molecule has 0 aliphatic carbocycles. The van der Waals surface area contributed by atoms with Gasteiger partial charge in [-0.15, -0.1) is 0 Å². The van der Waals surface area contributed by atoms with Crippen molar-refractivity contribution < 1.29 is 33.0 Å². The van der Waals surface area contributed by atoms with Crippen molar-refractivity contribution >= 4 is 13.7 Å². The molecular weight excluding hydrogens is 507 g/mol. The second-order valence-electron chi connectivity index (χ2n) is 9.43. The molecular formula is C23H33N4O9P. The smallest absolute Gasteiger partial charge is 0.459 e. The van der Waals surface area contributed by atoms with E-state index in [1.807, 2.05) is 13.8 Å². The summed E-state index contributed by atoms with van der Waals surface area (Å²) in [6.07, 6.45) is -2.48. The summed E-state index contributed by atoms with van der Waals surface area (Å²) in [4.78, 5) is 38.2. The lowest BCUT2D eigenvalue weighted by molar-refractivity contribution is -0.146. The number of benzene rings is 1. The van der Waals surface area contributed by atoms with Crippen molar-refractivity contribution in [3.05, 3.63) is 63.4 Å². The average molecular weight is 541 g/mol. The van der Waals surface area contributed by atoms with Crippen LogP contribution in [0.4, 0.5) is 0 Å². The van der Waals surface area contributed by atoms with Gasteiger partial charge < -0.3 is 24.8 Å². The largest absolute Gasteiger partial charge is 0.464 e. The molecule has 0 bridgehead atoms. The topological polar surface area (TPSA) is 184 Å². The van der Waals surface area contributed by atoms with Crippen LogP contribution in [0.5, 0.6) is 5.75 Å². The summed E-state index contributed by atoms with van der Waals surface area (Å²) in [6, 6.07) is 8.22. The quantitative estimate of drug-likeness (QED) is 0.234. The molecule has 1 saturated heterocycles. The van der Waals surface area contributed by atoms with Gasteiger partial charge in [-0.05, 0) is 31.9 Å². The number of carbonyl (C=O) groups is 1. The van der Waals surface area contributed by atoms with E-state index < -0.39 is 61.6 Å². The first-order valence-corrected chi connectivity index (χ1v) is 13.2. The monoisotopic (exact) mass is 540 g/mol. The van der Waals surface area contributed by atoms with Gasteiger partial charge in [-0.3, -0.25) is 23.7 Å². The summed E-state index contributed by atoms with van der Waals surface area (Å²) in [5.74, 6) is -0.345. The van der Waals surface area contributed by atoms with Crippen molar-refractivity contribution in [1.29, 1.82) is 0 Å². The van der Waals surface area contributed by atoms with Crippen LogP contribution in [0.3, 0.4) is 0 Å². The number of aromatic amines is 1. The van der Waals surface area contributed by atoms with Gasteiger partial charge in [0.25, 0.3) is 5.56 Å². The Bertz CT molecular complexity index is 1230. The summed E-state index contributed by atoms with van der Waals surface area (Å²) in [7, 11) is -4.23. The number of aromatic nitrogens is 2. The molecule has 2 aromatic rings. The van der Waals surface area contributed by atoms with Crippen molar-refractivity contribution in [2.24, 2.45) is 11.7 Å². The van der Waals surface area contributed by atoms with E-state index in [-0.39, 0.29) is 18.3 Å². The van der Waals surface area contributed by atoms with E-state index in [1.165, 1.54) is 20.0 Å². The molecule has 1 fully saturated rings. The summed E-state index contributed by atoms with van der Waals surface area (Å²) < 4.78 is 36.9. The highest BCUT2D eigenvalue weighted by Crippen LogP contribution is 2.46. The molecule has 1 aromatic carbocycles. The van der Waals surface area contributed by atoms with E-state index in [4.69, 9.17) is 24.3 Å². The fourth-order valence-corrected chi connectivity index (χ4v) is 5.09. The molecule has 1 unspecified atom stereocenters. The Labute approximate surface area is 213 Å². The van der Waals surface area contributed by atoms with E-state index in [1.54, 1.807) is 30.3 Å². The van der Waals surface area contributed by atoms with Gasteiger partial charge in [0.2, 0.25) is 0 Å². The van der Waals surface area contributed by atoms with Gasteiger partial charge in [0, 0.05) is 12.3 Å². The van der Waals surface area contributed by atoms with Crippen LogP contribution in [-0.2, 0) is 23.4 Å². The van der Waals surface area contributed by atoms with Crippen LogP contribution in [0, 0.1) is 5.92 Å². The van der Waals surface area contributed by atoms with Crippen molar-refractivity contribution in [3.8, 4) is 5.75 Å². The van der Waals surface area contributed by atoms with Gasteiger partial charge in [0.05, 0.1) is 18.8 Å². The van der Waals surface area contributed by atoms with Gasteiger partial charge in [-0.1, -0.05) is 32.0 Å². The second-order valence-corrected chi connectivity index (χ2v) is 11.1. The van der Waals surface area contributed by atoms with E-state index >= 15 is 0 Å². The third-order valence-corrected chi connectivity index (χ3v) is 7.21. The summed E-state index contributed by atoms with van der Waals surface area (Å²) in [5.41, 5.74) is 3.40. The number of nitrogens with two attached hydrogens (primary N) is 1. The lowest BCUT2D eigenvalue weighted by Gasteiger charge is -2.28. The van der Waals surface area contributed by atoms with E-state index in [9.17, 15) is 24.1 Å². The number of aliphatic hydroxyl groups excluding tert-OH is 1. The zero-order valence-electron chi connectivity index (χ0n) is 21.0. The Morgan fingerprint density at radius 1 is 1.27 bits per heavy atom. The molecule has 0 saturated carbocycles. The maximum Gasteiger partial charge on any atom is 0.459 e. The van der Waals surface area contributed by atoms with E-state index in [0.29, 0.717) is 0 Å². The molecule has 6 atom stereocenters. The van der Waals surface area contributed by atoms with Gasteiger partial charge in [0.1, 0.15) is 24.0 Å². The Kier molecular flexibility index (Phi) is 9.11. The van der Waals surface area contributed by atoms with Crippen molar-refractivity contribution in [1.82, 2.24) is 14.6 Å². The zero-order chi connectivity index (χ0) is 27.4. The predicted molar refractivity (Wildman–Crippen MR) is 133 cm³/mol. The number of hydrogen-bond donors (Lipinski definition) is 4. The minimum Gasteiger partial charge on any atom is -0.464 e. The molecule has 14 heteroatoms. The van der Waals surface area contributed by atoms with Gasteiger partial charge in [-0.2, -0.15) is 5.09 Å². The first-order chi connectivity index (χ1) is 17.3. The van der Waals surface area contributed by atoms with Crippen LogP contribution in [0.25, 0.3) is 0 Å². The number of hydrogen-bond acceptors (Lipinski definition) is 10. The number of nitrogens with zero attached hydrogens (tertiary/aromatic N) is 1. The second kappa shape index (κ2) is 11.7. The van der Waals surface area contributed by atoms with E-state index in [0.717, 1.165) is 10.6 Å². The normalized spacial score (nSPS) is 26.0. The number of ether oxygens (including phenoxy) is 2. The molecule has 1 aliphatic heterocycles. The van der Waals surface area contributed by atoms with Crippen LogP contribution in [-0.4, -0.2) is 57.6 Å². The average Bonchev–Trinajstić information content (AvgIpc) is 3.05. The number of carbonyl (C=O) groups excluding carboxylic acids is 1. The number of esters is 1. The highest BCUT2D eigenvalue weighted by atomic mass is 31.2. The number of H-pyrrole nitrogens is 1. The third kappa shape index (κ3) is 7.16. The molecule has 3 rings (SSSR count). The molecule has 5 N–H and O–H groups in total. The SMILES string of the molecule is CC(C)COC(=O)[C@H](C)NP(=O)(OC[C@H]1O[C@@H](n2ccc(=O)[nH]c2=O)[C@](C)(N)[C@@H]1O)Oc1ccccc1. The van der Waals surface area contributed by atoms with Crippen molar-refractivity contribution in [3.63, 3.8) is 0 Å². The molecule has 13 nitrogen and oxygen atoms in total. The van der Waals surface area contributed by atoms with Crippen molar-refractivity contribution in [2.45, 2.75) is 57.7 Å². The fraction of sp³-hybridized carbons (Fsp3) is 0.522. The van der Waals surface area contributed by atoms with Gasteiger partial charge >= 0.3 is 19.4 Å². The molecule has 0 radical (unpaired) electrons. The fourth-order valence-electron chi connectivity index (χ4n) is 3.59. The minimum absolute atomic E-state index is 0.106. The predicted octanol–water partition coefficient (Wildman–Crippen LogP) is 0.893. The van der Waals surface area contributed by atoms with Crippen molar-refractivity contribution in [2.75, 3.05) is 13.2 Å². The number of aliphatic hydroxyl groups is 1.